The maximum Gasteiger partial charge on any atom is 0.108 e. The molecule has 0 bridgehead atoms. The molecule has 16 heavy (non-hydrogen) atoms. The summed E-state index contributed by atoms with van der Waals surface area (Å²) in [6.07, 6.45) is 1.25. The molecule has 1 aliphatic heterocycles. The molecule has 2 rings (SSSR count). The van der Waals surface area contributed by atoms with Gasteiger partial charge in [-0.15, -0.1) is 23.5 Å². The van der Waals surface area contributed by atoms with Crippen molar-refractivity contribution in [3.05, 3.63) is 34.3 Å². The Kier molecular flexibility index (Phi) is 4.27. The first-order valence-corrected chi connectivity index (χ1v) is 8.21. The Bertz CT molecular complexity index is 362. The summed E-state index contributed by atoms with van der Waals surface area (Å²) in [6, 6.07) is 7.98. The van der Waals surface area contributed by atoms with Crippen LogP contribution in [-0.2, 0) is 5.60 Å². The molecule has 1 nitrogen and oxygen atoms in total. The van der Waals surface area contributed by atoms with E-state index < -0.39 is 5.60 Å². The van der Waals surface area contributed by atoms with E-state index >= 15 is 0 Å². The number of benzene rings is 1. The average Bonchev–Trinajstić information content (AvgIpc) is 2.30. The first-order valence-electron chi connectivity index (χ1n) is 5.32. The van der Waals surface area contributed by atoms with Crippen molar-refractivity contribution in [2.24, 2.45) is 0 Å². The van der Waals surface area contributed by atoms with E-state index in [4.69, 9.17) is 0 Å². The van der Waals surface area contributed by atoms with Gasteiger partial charge in [0.2, 0.25) is 0 Å². The van der Waals surface area contributed by atoms with Gasteiger partial charge in [-0.05, 0) is 42.5 Å². The lowest BCUT2D eigenvalue weighted by molar-refractivity contribution is 0.0754. The van der Waals surface area contributed by atoms with Crippen molar-refractivity contribution >= 4 is 39.5 Å². The van der Waals surface area contributed by atoms with Crippen LogP contribution >= 0.6 is 39.5 Å². The summed E-state index contributed by atoms with van der Waals surface area (Å²) in [5.41, 5.74) is 0.244. The van der Waals surface area contributed by atoms with Gasteiger partial charge in [0.1, 0.15) is 5.60 Å². The number of halogens is 1. The molecule has 1 atom stereocenters. The Morgan fingerprint density at radius 3 is 2.69 bits per heavy atom. The molecule has 1 aromatic rings. The zero-order chi connectivity index (χ0) is 11.6. The Hall–Kier alpha value is 0.360. The molecular weight excluding hydrogens is 304 g/mol. The fraction of sp³-hybridized carbons (Fsp3) is 0.500. The SMILES string of the molecule is CC(O)(c1cccc(Br)c1)C1SCCCS1. The number of hydrogen-bond acceptors (Lipinski definition) is 3. The van der Waals surface area contributed by atoms with Gasteiger partial charge < -0.3 is 5.11 Å². The molecule has 1 N–H and O–H groups in total. The molecule has 4 heteroatoms. The van der Waals surface area contributed by atoms with E-state index in [1.807, 2.05) is 54.7 Å². The molecule has 0 amide bonds. The number of thioether (sulfide) groups is 2. The predicted molar refractivity (Wildman–Crippen MR) is 77.0 cm³/mol. The molecule has 0 saturated carbocycles. The Morgan fingerprint density at radius 2 is 2.06 bits per heavy atom. The standard InChI is InChI=1S/C12H15BrOS2/c1-12(14,11-15-6-3-7-16-11)9-4-2-5-10(13)8-9/h2,4-5,8,11,14H,3,6-7H2,1H3. The number of rotatable bonds is 2. The van der Waals surface area contributed by atoms with Crippen molar-refractivity contribution < 1.29 is 5.11 Å². The van der Waals surface area contributed by atoms with E-state index in [1.54, 1.807) is 0 Å². The summed E-state index contributed by atoms with van der Waals surface area (Å²) in [4.78, 5) is 0. The second-order valence-corrected chi connectivity index (χ2v) is 7.72. The van der Waals surface area contributed by atoms with Gasteiger partial charge in [-0.25, -0.2) is 0 Å². The predicted octanol–water partition coefficient (Wildman–Crippen LogP) is 3.85. The maximum absolute atomic E-state index is 10.7. The van der Waals surface area contributed by atoms with Crippen molar-refractivity contribution in [1.82, 2.24) is 0 Å². The summed E-state index contributed by atoms with van der Waals surface area (Å²) in [5.74, 6) is 2.31. The molecule has 88 valence electrons. The fourth-order valence-electron chi connectivity index (χ4n) is 1.75. The van der Waals surface area contributed by atoms with Crippen molar-refractivity contribution in [3.63, 3.8) is 0 Å². The molecule has 1 saturated heterocycles. The van der Waals surface area contributed by atoms with E-state index in [1.165, 1.54) is 6.42 Å². The lowest BCUT2D eigenvalue weighted by Crippen LogP contribution is -2.34. The minimum Gasteiger partial charge on any atom is -0.383 e. The lowest BCUT2D eigenvalue weighted by atomic mass is 9.98. The monoisotopic (exact) mass is 318 g/mol. The van der Waals surface area contributed by atoms with Crippen molar-refractivity contribution in [2.45, 2.75) is 23.5 Å². The zero-order valence-electron chi connectivity index (χ0n) is 9.15. The van der Waals surface area contributed by atoms with Crippen LogP contribution in [0.2, 0.25) is 0 Å². The van der Waals surface area contributed by atoms with Crippen LogP contribution in [0.3, 0.4) is 0 Å². The van der Waals surface area contributed by atoms with Gasteiger partial charge in [0.25, 0.3) is 0 Å². The molecule has 0 radical (unpaired) electrons. The smallest absolute Gasteiger partial charge is 0.108 e. The highest BCUT2D eigenvalue weighted by Gasteiger charge is 2.35. The molecule has 0 aromatic heterocycles. The van der Waals surface area contributed by atoms with Crippen LogP contribution in [0, 0.1) is 0 Å². The average molecular weight is 319 g/mol. The summed E-state index contributed by atoms with van der Waals surface area (Å²) in [7, 11) is 0. The van der Waals surface area contributed by atoms with E-state index in [-0.39, 0.29) is 4.58 Å². The molecule has 1 fully saturated rings. The minimum atomic E-state index is -0.750. The van der Waals surface area contributed by atoms with Crippen LogP contribution < -0.4 is 0 Å². The third-order valence-electron chi connectivity index (χ3n) is 2.70. The van der Waals surface area contributed by atoms with Gasteiger partial charge >= 0.3 is 0 Å². The van der Waals surface area contributed by atoms with Crippen LogP contribution in [0.25, 0.3) is 0 Å². The van der Waals surface area contributed by atoms with Gasteiger partial charge in [0.05, 0.1) is 4.58 Å². The van der Waals surface area contributed by atoms with E-state index in [9.17, 15) is 5.11 Å². The minimum absolute atomic E-state index is 0.246. The van der Waals surface area contributed by atoms with Crippen molar-refractivity contribution in [2.75, 3.05) is 11.5 Å². The zero-order valence-corrected chi connectivity index (χ0v) is 12.4. The van der Waals surface area contributed by atoms with Gasteiger partial charge in [-0.3, -0.25) is 0 Å². The topological polar surface area (TPSA) is 20.2 Å². The van der Waals surface area contributed by atoms with E-state index in [0.717, 1.165) is 21.5 Å². The first kappa shape index (κ1) is 12.8. The summed E-state index contributed by atoms with van der Waals surface area (Å²) < 4.78 is 1.27. The first-order chi connectivity index (χ1) is 7.60. The van der Waals surface area contributed by atoms with Gasteiger partial charge in [-0.2, -0.15) is 0 Å². The van der Waals surface area contributed by atoms with Crippen molar-refractivity contribution in [1.29, 1.82) is 0 Å². The molecule has 1 heterocycles. The largest absolute Gasteiger partial charge is 0.383 e. The van der Waals surface area contributed by atoms with Crippen LogP contribution in [0.15, 0.2) is 28.7 Å². The third-order valence-corrected chi connectivity index (χ3v) is 6.58. The summed E-state index contributed by atoms with van der Waals surface area (Å²) in [6.45, 7) is 1.92. The van der Waals surface area contributed by atoms with Crippen LogP contribution in [-0.4, -0.2) is 21.2 Å². The molecule has 1 unspecified atom stereocenters. The normalized spacial score (nSPS) is 21.7. The van der Waals surface area contributed by atoms with Gasteiger partial charge in [-0.1, -0.05) is 28.1 Å². The molecule has 0 spiro atoms. The van der Waals surface area contributed by atoms with Crippen molar-refractivity contribution in [3.8, 4) is 0 Å². The lowest BCUT2D eigenvalue weighted by Gasteiger charge is -2.35. The second kappa shape index (κ2) is 5.34. The third kappa shape index (κ3) is 2.78. The quantitative estimate of drug-likeness (QED) is 0.894. The summed E-state index contributed by atoms with van der Waals surface area (Å²) >= 11 is 7.19. The molecular formula is C12H15BrOS2. The Labute approximate surface area is 114 Å². The second-order valence-electron chi connectivity index (χ2n) is 4.08. The highest BCUT2D eigenvalue weighted by Crippen LogP contribution is 2.43. The van der Waals surface area contributed by atoms with Crippen LogP contribution in [0.1, 0.15) is 18.9 Å². The van der Waals surface area contributed by atoms with E-state index in [0.29, 0.717) is 0 Å². The maximum atomic E-state index is 10.7. The molecule has 1 aliphatic rings. The molecule has 1 aromatic carbocycles. The van der Waals surface area contributed by atoms with Gasteiger partial charge in [0, 0.05) is 4.47 Å². The number of aliphatic hydroxyl groups is 1. The summed E-state index contributed by atoms with van der Waals surface area (Å²) in [5, 5.41) is 10.7. The van der Waals surface area contributed by atoms with Gasteiger partial charge in [0.15, 0.2) is 0 Å². The fourth-order valence-corrected chi connectivity index (χ4v) is 5.27. The Morgan fingerprint density at radius 1 is 1.38 bits per heavy atom. The molecule has 0 aliphatic carbocycles. The van der Waals surface area contributed by atoms with Crippen LogP contribution in [0.4, 0.5) is 0 Å². The highest BCUT2D eigenvalue weighted by molar-refractivity contribution is 9.10. The van der Waals surface area contributed by atoms with Crippen LogP contribution in [0.5, 0.6) is 0 Å². The number of hydrogen-bond donors (Lipinski definition) is 1. The van der Waals surface area contributed by atoms with E-state index in [2.05, 4.69) is 15.9 Å². The highest BCUT2D eigenvalue weighted by atomic mass is 79.9. The Balaban J connectivity index is 2.22.